The zero-order valence-corrected chi connectivity index (χ0v) is 9.09. The third kappa shape index (κ3) is 2.39. The van der Waals surface area contributed by atoms with Gasteiger partial charge in [0.1, 0.15) is 5.82 Å². The van der Waals surface area contributed by atoms with Crippen LogP contribution in [0.15, 0.2) is 43.0 Å². The molecule has 0 aliphatic rings. The highest BCUT2D eigenvalue weighted by molar-refractivity contribution is 5.82. The minimum atomic E-state index is -0.413. The van der Waals surface area contributed by atoms with Gasteiger partial charge in [-0.3, -0.25) is 10.1 Å². The molecule has 0 amide bonds. The molecule has 0 bridgehead atoms. The average molecular weight is 229 g/mol. The lowest BCUT2D eigenvalue weighted by Crippen LogP contribution is -1.99. The quantitative estimate of drug-likeness (QED) is 0.497. The van der Waals surface area contributed by atoms with Crippen LogP contribution in [-0.2, 0) is 0 Å². The normalized spacial score (nSPS) is 10.1. The van der Waals surface area contributed by atoms with E-state index in [0.29, 0.717) is 6.54 Å². The predicted molar refractivity (Wildman–Crippen MR) is 67.1 cm³/mol. The number of fused-ring (bicyclic) bond motifs is 1. The number of nitrogens with zero attached hydrogens (tertiary/aromatic N) is 2. The first-order valence-corrected chi connectivity index (χ1v) is 5.10. The minimum absolute atomic E-state index is 0.0751. The third-order valence-electron chi connectivity index (χ3n) is 2.31. The van der Waals surface area contributed by atoms with Crippen molar-refractivity contribution in [1.29, 1.82) is 0 Å². The number of anilines is 1. The number of benzene rings is 1. The average Bonchev–Trinajstić information content (AvgIpc) is 2.35. The Hall–Kier alpha value is -2.43. The van der Waals surface area contributed by atoms with E-state index in [9.17, 15) is 10.1 Å². The molecule has 0 spiro atoms. The number of nitro benzene ring substituents is 1. The van der Waals surface area contributed by atoms with E-state index in [2.05, 4.69) is 16.9 Å². The first-order chi connectivity index (χ1) is 8.20. The number of non-ortho nitro benzene ring substituents is 1. The van der Waals surface area contributed by atoms with Gasteiger partial charge in [0.2, 0.25) is 0 Å². The van der Waals surface area contributed by atoms with Crippen LogP contribution < -0.4 is 5.32 Å². The Kier molecular flexibility index (Phi) is 3.00. The number of nitro groups is 1. The van der Waals surface area contributed by atoms with Crippen molar-refractivity contribution in [3.8, 4) is 0 Å². The van der Waals surface area contributed by atoms with Crippen LogP contribution >= 0.6 is 0 Å². The molecule has 0 atom stereocenters. The number of aromatic nitrogens is 1. The molecule has 5 heteroatoms. The zero-order valence-electron chi connectivity index (χ0n) is 9.09. The molecule has 1 N–H and O–H groups in total. The highest BCUT2D eigenvalue weighted by Gasteiger charge is 2.06. The van der Waals surface area contributed by atoms with E-state index in [-0.39, 0.29) is 5.69 Å². The summed E-state index contributed by atoms with van der Waals surface area (Å²) in [6.07, 6.45) is 1.74. The van der Waals surface area contributed by atoms with Gasteiger partial charge >= 0.3 is 0 Å². The van der Waals surface area contributed by atoms with Gasteiger partial charge in [-0.25, -0.2) is 4.98 Å². The standard InChI is InChI=1S/C12H11N3O2/c1-2-7-13-12-6-3-9-8-10(15(16)17)4-5-11(9)14-12/h2-6,8H,1,7H2,(H,13,14). The van der Waals surface area contributed by atoms with Crippen LogP contribution in [0.25, 0.3) is 10.9 Å². The van der Waals surface area contributed by atoms with Gasteiger partial charge < -0.3 is 5.32 Å². The van der Waals surface area contributed by atoms with Crippen LogP contribution in [0.2, 0.25) is 0 Å². The highest BCUT2D eigenvalue weighted by atomic mass is 16.6. The summed E-state index contributed by atoms with van der Waals surface area (Å²) in [5.41, 5.74) is 0.802. The molecule has 1 aromatic carbocycles. The van der Waals surface area contributed by atoms with Crippen molar-refractivity contribution in [3.05, 3.63) is 53.1 Å². The van der Waals surface area contributed by atoms with Crippen molar-refractivity contribution in [1.82, 2.24) is 4.98 Å². The topological polar surface area (TPSA) is 68.1 Å². The van der Waals surface area contributed by atoms with Gasteiger partial charge in [0.15, 0.2) is 0 Å². The fourth-order valence-corrected chi connectivity index (χ4v) is 1.50. The van der Waals surface area contributed by atoms with Crippen molar-refractivity contribution in [2.45, 2.75) is 0 Å². The maximum atomic E-state index is 10.6. The molecule has 17 heavy (non-hydrogen) atoms. The van der Waals surface area contributed by atoms with Crippen LogP contribution in [-0.4, -0.2) is 16.5 Å². The van der Waals surface area contributed by atoms with Crippen molar-refractivity contribution in [3.63, 3.8) is 0 Å². The zero-order chi connectivity index (χ0) is 12.3. The summed E-state index contributed by atoms with van der Waals surface area (Å²) >= 11 is 0. The number of rotatable bonds is 4. The van der Waals surface area contributed by atoms with Gasteiger partial charge in [0.05, 0.1) is 10.4 Å². The Balaban J connectivity index is 2.39. The Morgan fingerprint density at radius 2 is 2.24 bits per heavy atom. The monoisotopic (exact) mass is 229 g/mol. The SMILES string of the molecule is C=CCNc1ccc2cc([N+](=O)[O-])ccc2n1. The fourth-order valence-electron chi connectivity index (χ4n) is 1.50. The van der Waals surface area contributed by atoms with E-state index in [1.807, 2.05) is 0 Å². The second-order valence-electron chi connectivity index (χ2n) is 3.50. The molecule has 1 heterocycles. The Morgan fingerprint density at radius 3 is 2.94 bits per heavy atom. The first-order valence-electron chi connectivity index (χ1n) is 5.10. The second-order valence-corrected chi connectivity index (χ2v) is 3.50. The summed E-state index contributed by atoms with van der Waals surface area (Å²) in [6, 6.07) is 8.20. The molecule has 0 radical (unpaired) electrons. The molecule has 2 rings (SSSR count). The number of pyridine rings is 1. The molecule has 1 aromatic heterocycles. The van der Waals surface area contributed by atoms with Crippen LogP contribution in [0.4, 0.5) is 11.5 Å². The van der Waals surface area contributed by atoms with Gasteiger partial charge in [0.25, 0.3) is 5.69 Å². The van der Waals surface area contributed by atoms with Gasteiger partial charge in [0, 0.05) is 24.1 Å². The maximum Gasteiger partial charge on any atom is 0.270 e. The van der Waals surface area contributed by atoms with E-state index in [4.69, 9.17) is 0 Å². The number of nitrogens with one attached hydrogen (secondary N) is 1. The number of hydrogen-bond donors (Lipinski definition) is 1. The summed E-state index contributed by atoms with van der Waals surface area (Å²) in [6.45, 7) is 4.23. The molecular weight excluding hydrogens is 218 g/mol. The van der Waals surface area contributed by atoms with E-state index >= 15 is 0 Å². The second kappa shape index (κ2) is 4.61. The van der Waals surface area contributed by atoms with Gasteiger partial charge in [-0.2, -0.15) is 0 Å². The predicted octanol–water partition coefficient (Wildman–Crippen LogP) is 2.74. The molecule has 0 saturated heterocycles. The maximum absolute atomic E-state index is 10.6. The fraction of sp³-hybridized carbons (Fsp3) is 0.0833. The molecule has 0 saturated carbocycles. The first kappa shape index (κ1) is 11.1. The van der Waals surface area contributed by atoms with Crippen LogP contribution in [0, 0.1) is 10.1 Å². The lowest BCUT2D eigenvalue weighted by atomic mass is 10.2. The van der Waals surface area contributed by atoms with Crippen LogP contribution in [0.1, 0.15) is 0 Å². The molecule has 0 unspecified atom stereocenters. The molecule has 2 aromatic rings. The molecule has 0 aliphatic carbocycles. The summed E-state index contributed by atoms with van der Waals surface area (Å²) in [5.74, 6) is 0.728. The van der Waals surface area contributed by atoms with Gasteiger partial charge in [-0.05, 0) is 18.2 Å². The number of hydrogen-bond acceptors (Lipinski definition) is 4. The van der Waals surface area contributed by atoms with Crippen molar-refractivity contribution in [2.75, 3.05) is 11.9 Å². The molecular formula is C12H11N3O2. The smallest absolute Gasteiger partial charge is 0.270 e. The summed E-state index contributed by atoms with van der Waals surface area (Å²) in [7, 11) is 0. The molecule has 5 nitrogen and oxygen atoms in total. The highest BCUT2D eigenvalue weighted by Crippen LogP contribution is 2.20. The largest absolute Gasteiger partial charge is 0.367 e. The molecule has 0 aliphatic heterocycles. The van der Waals surface area contributed by atoms with Gasteiger partial charge in [-0.1, -0.05) is 6.08 Å². The van der Waals surface area contributed by atoms with E-state index in [0.717, 1.165) is 16.7 Å². The summed E-state index contributed by atoms with van der Waals surface area (Å²) < 4.78 is 0. The van der Waals surface area contributed by atoms with Crippen LogP contribution in [0.5, 0.6) is 0 Å². The minimum Gasteiger partial charge on any atom is -0.367 e. The van der Waals surface area contributed by atoms with Crippen molar-refractivity contribution >= 4 is 22.4 Å². The van der Waals surface area contributed by atoms with Crippen LogP contribution in [0.3, 0.4) is 0 Å². The van der Waals surface area contributed by atoms with E-state index in [1.54, 1.807) is 24.3 Å². The Morgan fingerprint density at radius 1 is 1.41 bits per heavy atom. The van der Waals surface area contributed by atoms with Crippen molar-refractivity contribution < 1.29 is 4.92 Å². The summed E-state index contributed by atoms with van der Waals surface area (Å²) in [4.78, 5) is 14.5. The van der Waals surface area contributed by atoms with Gasteiger partial charge in [-0.15, -0.1) is 6.58 Å². The van der Waals surface area contributed by atoms with Crippen molar-refractivity contribution in [2.24, 2.45) is 0 Å². The Labute approximate surface area is 97.9 Å². The lowest BCUT2D eigenvalue weighted by molar-refractivity contribution is -0.384. The molecule has 86 valence electrons. The van der Waals surface area contributed by atoms with E-state index in [1.165, 1.54) is 12.1 Å². The third-order valence-corrected chi connectivity index (χ3v) is 2.31. The van der Waals surface area contributed by atoms with E-state index < -0.39 is 4.92 Å². The Bertz CT molecular complexity index is 581. The summed E-state index contributed by atoms with van der Waals surface area (Å²) in [5, 5.41) is 14.4. The molecule has 0 fully saturated rings. The lowest BCUT2D eigenvalue weighted by Gasteiger charge is -2.03.